The van der Waals surface area contributed by atoms with Crippen LogP contribution < -0.4 is 14.2 Å². The summed E-state index contributed by atoms with van der Waals surface area (Å²) < 4.78 is 15.3. The van der Waals surface area contributed by atoms with E-state index in [1.165, 1.54) is 32.4 Å². The lowest BCUT2D eigenvalue weighted by Gasteiger charge is -2.10. The van der Waals surface area contributed by atoms with Gasteiger partial charge in [-0.15, -0.1) is 4.98 Å². The van der Waals surface area contributed by atoms with Crippen molar-refractivity contribution in [3.05, 3.63) is 29.0 Å². The number of halogens is 1. The summed E-state index contributed by atoms with van der Waals surface area (Å²) in [5, 5.41) is 8.83. The van der Waals surface area contributed by atoms with Gasteiger partial charge in [0, 0.05) is 0 Å². The second-order valence-electron chi connectivity index (χ2n) is 3.65. The highest BCUT2D eigenvalue weighted by Gasteiger charge is 2.13. The van der Waals surface area contributed by atoms with E-state index in [0.717, 1.165) is 0 Å². The topological polar surface area (TPSA) is 104 Å². The largest absolute Gasteiger partial charge is 0.493 e. The molecule has 2 aromatic rings. The van der Waals surface area contributed by atoms with E-state index in [-0.39, 0.29) is 34.4 Å². The molecule has 0 unspecified atom stereocenters. The molecule has 1 aromatic heterocycles. The molecule has 0 aliphatic heterocycles. The first-order valence-electron chi connectivity index (χ1n) is 5.58. The molecule has 110 valence electrons. The van der Waals surface area contributed by atoms with Crippen LogP contribution in [0, 0.1) is 0 Å². The molecule has 2 rings (SSSR count). The van der Waals surface area contributed by atoms with Gasteiger partial charge < -0.3 is 19.3 Å². The zero-order valence-electron chi connectivity index (χ0n) is 11.0. The van der Waals surface area contributed by atoms with Gasteiger partial charge >= 0.3 is 18.0 Å². The molecule has 0 radical (unpaired) electrons. The van der Waals surface area contributed by atoms with Crippen LogP contribution in [0.5, 0.6) is 23.5 Å². The summed E-state index contributed by atoms with van der Waals surface area (Å²) in [6.45, 7) is 0. The van der Waals surface area contributed by atoms with E-state index in [0.29, 0.717) is 0 Å². The Labute approximate surface area is 124 Å². The van der Waals surface area contributed by atoms with Crippen molar-refractivity contribution in [2.45, 2.75) is 0 Å². The van der Waals surface area contributed by atoms with Crippen molar-refractivity contribution in [1.82, 2.24) is 15.0 Å². The molecule has 0 saturated carbocycles. The van der Waals surface area contributed by atoms with Crippen LogP contribution in [0.3, 0.4) is 0 Å². The number of benzene rings is 1. The van der Waals surface area contributed by atoms with Gasteiger partial charge in [-0.05, 0) is 29.8 Å². The highest BCUT2D eigenvalue weighted by Crippen LogP contribution is 2.31. The van der Waals surface area contributed by atoms with Gasteiger partial charge in [-0.2, -0.15) is 9.97 Å². The Morgan fingerprint density at radius 3 is 2.43 bits per heavy atom. The molecule has 0 atom stereocenters. The zero-order valence-corrected chi connectivity index (χ0v) is 11.8. The van der Waals surface area contributed by atoms with E-state index in [9.17, 15) is 4.79 Å². The summed E-state index contributed by atoms with van der Waals surface area (Å²) in [5.41, 5.74) is 0.0606. The molecular formula is C12H10ClN3O5. The molecule has 1 N–H and O–H groups in total. The quantitative estimate of drug-likeness (QED) is 0.894. The van der Waals surface area contributed by atoms with Crippen molar-refractivity contribution in [2.24, 2.45) is 0 Å². The van der Waals surface area contributed by atoms with E-state index < -0.39 is 5.97 Å². The van der Waals surface area contributed by atoms with Crippen molar-refractivity contribution in [3.63, 3.8) is 0 Å². The maximum atomic E-state index is 10.9. The average Bonchev–Trinajstić information content (AvgIpc) is 2.46. The van der Waals surface area contributed by atoms with E-state index in [1.807, 2.05) is 0 Å². The first kappa shape index (κ1) is 14.8. The molecule has 9 heteroatoms. The molecule has 0 fully saturated rings. The monoisotopic (exact) mass is 311 g/mol. The van der Waals surface area contributed by atoms with Crippen molar-refractivity contribution < 1.29 is 24.1 Å². The number of nitrogens with zero attached hydrogens (tertiary/aromatic N) is 3. The molecule has 0 aliphatic carbocycles. The van der Waals surface area contributed by atoms with Crippen molar-refractivity contribution in [1.29, 1.82) is 0 Å². The minimum Gasteiger partial charge on any atom is -0.493 e. The lowest BCUT2D eigenvalue weighted by atomic mass is 10.2. The summed E-state index contributed by atoms with van der Waals surface area (Å²) in [7, 11) is 2.76. The summed E-state index contributed by atoms with van der Waals surface area (Å²) in [5.74, 6) is -0.637. The molecule has 0 spiro atoms. The number of aromatic nitrogens is 3. The smallest absolute Gasteiger partial charge is 0.335 e. The van der Waals surface area contributed by atoms with Crippen molar-refractivity contribution >= 4 is 17.6 Å². The van der Waals surface area contributed by atoms with Crippen molar-refractivity contribution in [2.75, 3.05) is 14.2 Å². The molecule has 0 saturated heterocycles. The molecule has 0 aliphatic rings. The third-order valence-electron chi connectivity index (χ3n) is 2.36. The fourth-order valence-electron chi connectivity index (χ4n) is 1.43. The first-order chi connectivity index (χ1) is 10.0. The summed E-state index contributed by atoms with van der Waals surface area (Å²) >= 11 is 5.70. The molecule has 21 heavy (non-hydrogen) atoms. The summed E-state index contributed by atoms with van der Waals surface area (Å²) in [6.07, 6.45) is 0. The van der Waals surface area contributed by atoms with Gasteiger partial charge in [0.25, 0.3) is 0 Å². The normalized spacial score (nSPS) is 10.0. The second-order valence-corrected chi connectivity index (χ2v) is 3.98. The maximum Gasteiger partial charge on any atom is 0.335 e. The van der Waals surface area contributed by atoms with Crippen LogP contribution in [-0.4, -0.2) is 40.2 Å². The number of ether oxygens (including phenoxy) is 3. The van der Waals surface area contributed by atoms with Gasteiger partial charge in [0.05, 0.1) is 19.8 Å². The minimum atomic E-state index is -1.08. The van der Waals surface area contributed by atoms with Crippen LogP contribution in [0.25, 0.3) is 0 Å². The van der Waals surface area contributed by atoms with Crippen LogP contribution in [0.4, 0.5) is 0 Å². The Morgan fingerprint density at radius 2 is 1.81 bits per heavy atom. The van der Waals surface area contributed by atoms with Gasteiger partial charge in [-0.3, -0.25) is 0 Å². The van der Waals surface area contributed by atoms with Crippen LogP contribution >= 0.6 is 11.6 Å². The van der Waals surface area contributed by atoms with E-state index >= 15 is 0 Å². The van der Waals surface area contributed by atoms with E-state index in [1.54, 1.807) is 0 Å². The minimum absolute atomic E-state index is 0.00822. The number of rotatable bonds is 5. The van der Waals surface area contributed by atoms with Gasteiger partial charge in [-0.1, -0.05) is 0 Å². The molecule has 1 heterocycles. The SMILES string of the molecule is COc1nc(Cl)nc(Oc2ccc(C(=O)O)cc2OC)n1. The standard InChI is InChI=1S/C12H10ClN3O5/c1-19-8-5-6(9(17)18)3-4-7(8)21-12-15-10(13)14-11(16-12)20-2/h3-5H,1-2H3,(H,17,18). The van der Waals surface area contributed by atoms with Gasteiger partial charge in [0.1, 0.15) is 0 Å². The highest BCUT2D eigenvalue weighted by molar-refractivity contribution is 6.28. The van der Waals surface area contributed by atoms with Crippen molar-refractivity contribution in [3.8, 4) is 23.5 Å². The Balaban J connectivity index is 2.35. The number of methoxy groups -OCH3 is 2. The lowest BCUT2D eigenvalue weighted by molar-refractivity contribution is 0.0696. The van der Waals surface area contributed by atoms with Crippen LogP contribution in [0.1, 0.15) is 10.4 Å². The Morgan fingerprint density at radius 1 is 1.10 bits per heavy atom. The third kappa shape index (κ3) is 3.48. The highest BCUT2D eigenvalue weighted by atomic mass is 35.5. The third-order valence-corrected chi connectivity index (χ3v) is 2.53. The van der Waals surface area contributed by atoms with Crippen LogP contribution in [0.15, 0.2) is 18.2 Å². The maximum absolute atomic E-state index is 10.9. The number of hydrogen-bond donors (Lipinski definition) is 1. The lowest BCUT2D eigenvalue weighted by Crippen LogP contribution is -2.01. The molecule has 8 nitrogen and oxygen atoms in total. The number of carbonyl (C=O) groups is 1. The van der Waals surface area contributed by atoms with Gasteiger partial charge in [-0.25, -0.2) is 4.79 Å². The predicted octanol–water partition coefficient (Wildman–Crippen LogP) is 2.03. The fraction of sp³-hybridized carbons (Fsp3) is 0.167. The molecule has 0 amide bonds. The molecular weight excluding hydrogens is 302 g/mol. The Kier molecular flexibility index (Phi) is 4.39. The van der Waals surface area contributed by atoms with E-state index in [2.05, 4.69) is 15.0 Å². The zero-order chi connectivity index (χ0) is 15.4. The number of carboxylic acids is 1. The Bertz CT molecular complexity index is 680. The fourth-order valence-corrected chi connectivity index (χ4v) is 1.58. The summed E-state index contributed by atoms with van der Waals surface area (Å²) in [6, 6.07) is 3.99. The average molecular weight is 312 g/mol. The summed E-state index contributed by atoms with van der Waals surface area (Å²) in [4.78, 5) is 22.2. The van der Waals surface area contributed by atoms with Crippen LogP contribution in [0.2, 0.25) is 5.28 Å². The number of aromatic carboxylic acids is 1. The first-order valence-corrected chi connectivity index (χ1v) is 5.96. The van der Waals surface area contributed by atoms with Crippen LogP contribution in [-0.2, 0) is 0 Å². The van der Waals surface area contributed by atoms with Gasteiger partial charge in [0.2, 0.25) is 5.28 Å². The molecule has 0 bridgehead atoms. The van der Waals surface area contributed by atoms with E-state index in [4.69, 9.17) is 30.9 Å². The Hall–Kier alpha value is -2.61. The second kappa shape index (κ2) is 6.23. The van der Waals surface area contributed by atoms with Gasteiger partial charge in [0.15, 0.2) is 11.5 Å². The predicted molar refractivity (Wildman–Crippen MR) is 71.4 cm³/mol. The molecule has 1 aromatic carbocycles. The number of carboxylic acid groups (broad SMARTS) is 1. The number of hydrogen-bond acceptors (Lipinski definition) is 7.